The van der Waals surface area contributed by atoms with Crippen LogP contribution in [0.25, 0.3) is 0 Å². The van der Waals surface area contributed by atoms with Gasteiger partial charge in [0.15, 0.2) is 11.6 Å². The number of nitrogens with two attached hydrogens (primary N) is 1. The van der Waals surface area contributed by atoms with Gasteiger partial charge in [0.25, 0.3) is 0 Å². The van der Waals surface area contributed by atoms with Gasteiger partial charge in [-0.2, -0.15) is 5.10 Å². The van der Waals surface area contributed by atoms with Gasteiger partial charge < -0.3 is 15.8 Å². The third-order valence-electron chi connectivity index (χ3n) is 2.98. The van der Waals surface area contributed by atoms with E-state index in [1.54, 1.807) is 7.11 Å². The van der Waals surface area contributed by atoms with Crippen molar-refractivity contribution < 1.29 is 4.74 Å². The number of aryl methyl sites for hydroxylation is 3. The topological polar surface area (TPSA) is 90.9 Å². The SMILES string of the molecule is COc1c(N)ncnc1NCCCn1nc(C)cc1C. The van der Waals surface area contributed by atoms with Crippen molar-refractivity contribution in [2.24, 2.45) is 0 Å². The standard InChI is InChI=1S/C13H20N6O/c1-9-7-10(2)19(18-9)6-4-5-15-13-11(20-3)12(14)16-8-17-13/h7-8H,4-6H2,1-3H3,(H3,14,15,16,17). The fraction of sp³-hybridized carbons (Fsp3) is 0.462. The molecule has 0 aromatic carbocycles. The minimum absolute atomic E-state index is 0.337. The Balaban J connectivity index is 1.87. The number of hydrogen-bond acceptors (Lipinski definition) is 6. The average molecular weight is 276 g/mol. The highest BCUT2D eigenvalue weighted by Crippen LogP contribution is 2.25. The van der Waals surface area contributed by atoms with Gasteiger partial charge in [0.1, 0.15) is 6.33 Å². The van der Waals surface area contributed by atoms with Crippen molar-refractivity contribution in [1.29, 1.82) is 0 Å². The summed E-state index contributed by atoms with van der Waals surface area (Å²) >= 11 is 0. The summed E-state index contributed by atoms with van der Waals surface area (Å²) in [6.07, 6.45) is 2.34. The molecular formula is C13H20N6O. The van der Waals surface area contributed by atoms with E-state index in [1.165, 1.54) is 12.0 Å². The summed E-state index contributed by atoms with van der Waals surface area (Å²) in [5, 5.41) is 7.63. The van der Waals surface area contributed by atoms with Crippen LogP contribution in [0.15, 0.2) is 12.4 Å². The smallest absolute Gasteiger partial charge is 0.203 e. The molecule has 0 bridgehead atoms. The zero-order chi connectivity index (χ0) is 14.5. The maximum atomic E-state index is 5.72. The van der Waals surface area contributed by atoms with Gasteiger partial charge >= 0.3 is 0 Å². The highest BCUT2D eigenvalue weighted by Gasteiger charge is 2.08. The summed E-state index contributed by atoms with van der Waals surface area (Å²) in [5.74, 6) is 1.44. The number of anilines is 2. The Kier molecular flexibility index (Phi) is 4.39. The second kappa shape index (κ2) is 6.23. The van der Waals surface area contributed by atoms with E-state index in [9.17, 15) is 0 Å². The van der Waals surface area contributed by atoms with E-state index in [4.69, 9.17) is 10.5 Å². The summed E-state index contributed by atoms with van der Waals surface area (Å²) in [5.41, 5.74) is 7.93. The van der Waals surface area contributed by atoms with Crippen LogP contribution in [0.4, 0.5) is 11.6 Å². The quantitative estimate of drug-likeness (QED) is 0.775. The van der Waals surface area contributed by atoms with Crippen molar-refractivity contribution in [1.82, 2.24) is 19.7 Å². The van der Waals surface area contributed by atoms with Crippen LogP contribution in [0.3, 0.4) is 0 Å². The number of nitrogen functional groups attached to an aromatic ring is 1. The molecule has 0 fully saturated rings. The number of methoxy groups -OCH3 is 1. The lowest BCUT2D eigenvalue weighted by atomic mass is 10.3. The van der Waals surface area contributed by atoms with Gasteiger partial charge in [0.2, 0.25) is 5.75 Å². The molecule has 0 spiro atoms. The van der Waals surface area contributed by atoms with Crippen LogP contribution in [-0.2, 0) is 6.54 Å². The Morgan fingerprint density at radius 3 is 2.80 bits per heavy atom. The fourth-order valence-electron chi connectivity index (χ4n) is 2.05. The van der Waals surface area contributed by atoms with Crippen molar-refractivity contribution in [3.05, 3.63) is 23.8 Å². The van der Waals surface area contributed by atoms with Crippen LogP contribution in [-0.4, -0.2) is 33.4 Å². The Labute approximate surface area is 118 Å². The molecule has 7 heteroatoms. The molecular weight excluding hydrogens is 256 g/mol. The zero-order valence-electron chi connectivity index (χ0n) is 12.1. The maximum absolute atomic E-state index is 5.72. The van der Waals surface area contributed by atoms with E-state index >= 15 is 0 Å². The molecule has 3 N–H and O–H groups in total. The second-order valence-corrected chi connectivity index (χ2v) is 4.57. The first kappa shape index (κ1) is 14.1. The summed E-state index contributed by atoms with van der Waals surface area (Å²) < 4.78 is 7.19. The first-order valence-electron chi connectivity index (χ1n) is 6.51. The predicted molar refractivity (Wildman–Crippen MR) is 77.8 cm³/mol. The predicted octanol–water partition coefficient (Wildman–Crippen LogP) is 1.38. The highest BCUT2D eigenvalue weighted by atomic mass is 16.5. The summed E-state index contributed by atoms with van der Waals surface area (Å²) in [7, 11) is 1.55. The van der Waals surface area contributed by atoms with Crippen LogP contribution >= 0.6 is 0 Å². The molecule has 7 nitrogen and oxygen atoms in total. The Bertz CT molecular complexity index is 580. The van der Waals surface area contributed by atoms with E-state index in [1.807, 2.05) is 11.6 Å². The molecule has 0 amide bonds. The molecule has 0 saturated heterocycles. The van der Waals surface area contributed by atoms with Gasteiger partial charge in [-0.1, -0.05) is 0 Å². The third-order valence-corrected chi connectivity index (χ3v) is 2.98. The van der Waals surface area contributed by atoms with Gasteiger partial charge in [-0.15, -0.1) is 0 Å². The molecule has 0 aliphatic carbocycles. The minimum atomic E-state index is 0.337. The van der Waals surface area contributed by atoms with Gasteiger partial charge in [0.05, 0.1) is 12.8 Å². The summed E-state index contributed by atoms with van der Waals surface area (Å²) in [6.45, 7) is 5.67. The van der Waals surface area contributed by atoms with Crippen molar-refractivity contribution in [2.45, 2.75) is 26.8 Å². The fourth-order valence-corrected chi connectivity index (χ4v) is 2.05. The summed E-state index contributed by atoms with van der Waals surface area (Å²) in [6, 6.07) is 2.07. The normalized spacial score (nSPS) is 10.6. The number of nitrogens with one attached hydrogen (secondary N) is 1. The van der Waals surface area contributed by atoms with Gasteiger partial charge in [-0.3, -0.25) is 4.68 Å². The molecule has 0 radical (unpaired) electrons. The van der Waals surface area contributed by atoms with Crippen molar-refractivity contribution in [3.63, 3.8) is 0 Å². The van der Waals surface area contributed by atoms with Crippen LogP contribution in [0.2, 0.25) is 0 Å². The molecule has 0 aliphatic heterocycles. The molecule has 2 heterocycles. The lowest BCUT2D eigenvalue weighted by Crippen LogP contribution is -2.11. The van der Waals surface area contributed by atoms with Crippen LogP contribution in [0, 0.1) is 13.8 Å². The van der Waals surface area contributed by atoms with E-state index in [0.717, 1.165) is 25.2 Å². The lowest BCUT2D eigenvalue weighted by Gasteiger charge is -2.11. The van der Waals surface area contributed by atoms with E-state index in [2.05, 4.69) is 33.4 Å². The third kappa shape index (κ3) is 3.17. The second-order valence-electron chi connectivity index (χ2n) is 4.57. The lowest BCUT2D eigenvalue weighted by molar-refractivity contribution is 0.415. The molecule has 2 aromatic heterocycles. The molecule has 0 saturated carbocycles. The maximum Gasteiger partial charge on any atom is 0.203 e. The molecule has 0 atom stereocenters. The minimum Gasteiger partial charge on any atom is -0.490 e. The monoisotopic (exact) mass is 276 g/mol. The van der Waals surface area contributed by atoms with Gasteiger partial charge in [0, 0.05) is 18.8 Å². The summed E-state index contributed by atoms with van der Waals surface area (Å²) in [4.78, 5) is 8.02. The molecule has 2 rings (SSSR count). The Morgan fingerprint density at radius 1 is 1.35 bits per heavy atom. The van der Waals surface area contributed by atoms with Crippen LogP contribution < -0.4 is 15.8 Å². The average Bonchev–Trinajstić information content (AvgIpc) is 2.73. The number of ether oxygens (including phenoxy) is 1. The zero-order valence-corrected chi connectivity index (χ0v) is 12.1. The first-order chi connectivity index (χ1) is 9.61. The largest absolute Gasteiger partial charge is 0.490 e. The van der Waals surface area contributed by atoms with Crippen molar-refractivity contribution >= 4 is 11.6 Å². The Hall–Kier alpha value is -2.31. The number of aromatic nitrogens is 4. The van der Waals surface area contributed by atoms with Gasteiger partial charge in [-0.25, -0.2) is 9.97 Å². The number of rotatable bonds is 6. The van der Waals surface area contributed by atoms with Gasteiger partial charge in [-0.05, 0) is 26.3 Å². The molecule has 0 aliphatic rings. The molecule has 2 aromatic rings. The highest BCUT2D eigenvalue weighted by molar-refractivity contribution is 5.61. The molecule has 0 unspecified atom stereocenters. The molecule has 20 heavy (non-hydrogen) atoms. The van der Waals surface area contributed by atoms with Crippen LogP contribution in [0.5, 0.6) is 5.75 Å². The number of hydrogen-bond donors (Lipinski definition) is 2. The Morgan fingerprint density at radius 2 is 2.15 bits per heavy atom. The van der Waals surface area contributed by atoms with E-state index in [0.29, 0.717) is 17.4 Å². The van der Waals surface area contributed by atoms with Crippen LogP contribution in [0.1, 0.15) is 17.8 Å². The first-order valence-corrected chi connectivity index (χ1v) is 6.51. The van der Waals surface area contributed by atoms with Crippen molar-refractivity contribution in [3.8, 4) is 5.75 Å². The van der Waals surface area contributed by atoms with E-state index in [-0.39, 0.29) is 0 Å². The number of nitrogens with zero attached hydrogens (tertiary/aromatic N) is 4. The van der Waals surface area contributed by atoms with Crippen molar-refractivity contribution in [2.75, 3.05) is 24.7 Å². The van der Waals surface area contributed by atoms with E-state index < -0.39 is 0 Å². The molecule has 108 valence electrons.